The van der Waals surface area contributed by atoms with Gasteiger partial charge in [-0.3, -0.25) is 0 Å². The van der Waals surface area contributed by atoms with Crippen molar-refractivity contribution in [3.63, 3.8) is 0 Å². The maximum Gasteiger partial charge on any atom is 0.416 e. The number of fused-ring (bicyclic) bond motifs is 1. The highest BCUT2D eigenvalue weighted by atomic mass is 35.5. The molecule has 2 aromatic carbocycles. The van der Waals surface area contributed by atoms with Gasteiger partial charge in [-0.25, -0.2) is 9.97 Å². The average Bonchev–Trinajstić information content (AvgIpc) is 3.26. The SMILES string of the molecule is COc1cc2nc(Cl)nc(N[C@H](C)c3cccc(C(F)(F)F)c3C)c2cc1OC1CCOC1. The Bertz CT molecular complexity index is 1170. The smallest absolute Gasteiger partial charge is 0.416 e. The van der Waals surface area contributed by atoms with Crippen LogP contribution in [0.3, 0.4) is 0 Å². The molecule has 0 spiro atoms. The van der Waals surface area contributed by atoms with Gasteiger partial charge in [-0.05, 0) is 48.7 Å². The minimum absolute atomic E-state index is 0.00196. The van der Waals surface area contributed by atoms with E-state index in [-0.39, 0.29) is 17.0 Å². The van der Waals surface area contributed by atoms with Gasteiger partial charge in [-0.15, -0.1) is 0 Å². The molecule has 1 unspecified atom stereocenters. The summed E-state index contributed by atoms with van der Waals surface area (Å²) in [7, 11) is 1.53. The summed E-state index contributed by atoms with van der Waals surface area (Å²) in [6.07, 6.45) is -3.78. The van der Waals surface area contributed by atoms with Crippen LogP contribution in [0.2, 0.25) is 5.28 Å². The molecule has 1 aromatic heterocycles. The molecule has 0 bridgehead atoms. The summed E-state index contributed by atoms with van der Waals surface area (Å²) in [5.41, 5.74) is 0.498. The van der Waals surface area contributed by atoms with Crippen LogP contribution in [0.5, 0.6) is 11.5 Å². The van der Waals surface area contributed by atoms with Crippen molar-refractivity contribution in [2.24, 2.45) is 0 Å². The van der Waals surface area contributed by atoms with Crippen molar-refractivity contribution < 1.29 is 27.4 Å². The zero-order valence-electron chi connectivity index (χ0n) is 18.3. The van der Waals surface area contributed by atoms with Crippen LogP contribution in [0.25, 0.3) is 10.9 Å². The van der Waals surface area contributed by atoms with Crippen LogP contribution < -0.4 is 14.8 Å². The van der Waals surface area contributed by atoms with E-state index in [1.165, 1.54) is 20.1 Å². The first kappa shape index (κ1) is 23.4. The predicted octanol–water partition coefficient (Wildman–Crippen LogP) is 5.96. The van der Waals surface area contributed by atoms with Crippen LogP contribution in [0.4, 0.5) is 19.0 Å². The van der Waals surface area contributed by atoms with Crippen molar-refractivity contribution in [2.45, 2.75) is 38.6 Å². The Labute approximate surface area is 194 Å². The van der Waals surface area contributed by atoms with E-state index in [9.17, 15) is 13.2 Å². The fourth-order valence-corrected chi connectivity index (χ4v) is 4.14. The largest absolute Gasteiger partial charge is 0.493 e. The summed E-state index contributed by atoms with van der Waals surface area (Å²) >= 11 is 6.14. The number of hydrogen-bond donors (Lipinski definition) is 1. The second-order valence-electron chi connectivity index (χ2n) is 7.85. The van der Waals surface area contributed by atoms with Crippen LogP contribution in [-0.2, 0) is 10.9 Å². The minimum atomic E-state index is -4.43. The number of hydrogen-bond acceptors (Lipinski definition) is 6. The molecule has 1 fully saturated rings. The quantitative estimate of drug-likeness (QED) is 0.438. The number of benzene rings is 2. The van der Waals surface area contributed by atoms with Crippen molar-refractivity contribution in [1.29, 1.82) is 0 Å². The van der Waals surface area contributed by atoms with Crippen LogP contribution >= 0.6 is 11.6 Å². The standard InChI is InChI=1S/C23H23ClF3N3O3/c1-12-15(5-4-6-17(12)23(25,26)27)13(2)28-21-16-9-20(33-14-7-8-32-11-14)19(31-3)10-18(16)29-22(24)30-21/h4-6,9-10,13-14H,7-8,11H2,1-3H3,(H,28,29,30)/t13-,14?/m1/s1. The van der Waals surface area contributed by atoms with Gasteiger partial charge in [0.15, 0.2) is 11.5 Å². The van der Waals surface area contributed by atoms with Gasteiger partial charge in [0.2, 0.25) is 5.28 Å². The van der Waals surface area contributed by atoms with Gasteiger partial charge in [0.25, 0.3) is 0 Å². The van der Waals surface area contributed by atoms with Gasteiger partial charge >= 0.3 is 6.18 Å². The van der Waals surface area contributed by atoms with E-state index in [2.05, 4.69) is 15.3 Å². The molecule has 10 heteroatoms. The molecule has 2 heterocycles. The van der Waals surface area contributed by atoms with Gasteiger partial charge in [-0.2, -0.15) is 13.2 Å². The molecule has 0 amide bonds. The Balaban J connectivity index is 1.73. The van der Waals surface area contributed by atoms with Gasteiger partial charge in [0.05, 0.1) is 37.4 Å². The Morgan fingerprint density at radius 1 is 1.21 bits per heavy atom. The van der Waals surface area contributed by atoms with Crippen molar-refractivity contribution in [3.05, 3.63) is 52.3 Å². The van der Waals surface area contributed by atoms with Crippen molar-refractivity contribution in [3.8, 4) is 11.5 Å². The van der Waals surface area contributed by atoms with Gasteiger partial charge in [0.1, 0.15) is 11.9 Å². The zero-order valence-corrected chi connectivity index (χ0v) is 19.0. The molecular weight excluding hydrogens is 459 g/mol. The molecular formula is C23H23ClF3N3O3. The molecule has 33 heavy (non-hydrogen) atoms. The van der Waals surface area contributed by atoms with E-state index < -0.39 is 17.8 Å². The fraction of sp³-hybridized carbons (Fsp3) is 0.391. The summed E-state index contributed by atoms with van der Waals surface area (Å²) in [5.74, 6) is 1.36. The van der Waals surface area contributed by atoms with E-state index in [1.54, 1.807) is 25.1 Å². The summed E-state index contributed by atoms with van der Waals surface area (Å²) in [6.45, 7) is 4.33. The number of aromatic nitrogens is 2. The molecule has 1 aliphatic heterocycles. The first-order valence-electron chi connectivity index (χ1n) is 10.4. The third-order valence-electron chi connectivity index (χ3n) is 5.64. The lowest BCUT2D eigenvalue weighted by atomic mass is 9.97. The molecule has 1 saturated heterocycles. The number of nitrogens with zero attached hydrogens (tertiary/aromatic N) is 2. The number of methoxy groups -OCH3 is 1. The Kier molecular flexibility index (Phi) is 6.54. The molecule has 6 nitrogen and oxygen atoms in total. The van der Waals surface area contributed by atoms with E-state index >= 15 is 0 Å². The average molecular weight is 482 g/mol. The summed E-state index contributed by atoms with van der Waals surface area (Å²) in [5, 5.41) is 3.80. The number of halogens is 4. The van der Waals surface area contributed by atoms with Crippen molar-refractivity contribution in [2.75, 3.05) is 25.6 Å². The van der Waals surface area contributed by atoms with Gasteiger partial charge < -0.3 is 19.5 Å². The monoisotopic (exact) mass is 481 g/mol. The molecule has 2 atom stereocenters. The highest BCUT2D eigenvalue weighted by Crippen LogP contribution is 2.38. The normalized spacial score (nSPS) is 17.2. The number of ether oxygens (including phenoxy) is 3. The topological polar surface area (TPSA) is 65.5 Å². The predicted molar refractivity (Wildman–Crippen MR) is 119 cm³/mol. The van der Waals surface area contributed by atoms with Crippen LogP contribution in [-0.4, -0.2) is 36.4 Å². The van der Waals surface area contributed by atoms with E-state index in [0.717, 1.165) is 12.5 Å². The fourth-order valence-electron chi connectivity index (χ4n) is 3.97. The summed E-state index contributed by atoms with van der Waals surface area (Å²) in [4.78, 5) is 8.56. The molecule has 0 aliphatic carbocycles. The van der Waals surface area contributed by atoms with Gasteiger partial charge in [0, 0.05) is 17.9 Å². The van der Waals surface area contributed by atoms with Crippen molar-refractivity contribution in [1.82, 2.24) is 9.97 Å². The van der Waals surface area contributed by atoms with E-state index in [4.69, 9.17) is 25.8 Å². The lowest BCUT2D eigenvalue weighted by Crippen LogP contribution is -2.16. The molecule has 4 rings (SSSR count). The lowest BCUT2D eigenvalue weighted by molar-refractivity contribution is -0.138. The number of nitrogens with one attached hydrogen (secondary N) is 1. The van der Waals surface area contributed by atoms with Gasteiger partial charge in [-0.1, -0.05) is 12.1 Å². The Morgan fingerprint density at radius 2 is 2.00 bits per heavy atom. The van der Waals surface area contributed by atoms with Crippen LogP contribution in [0, 0.1) is 6.92 Å². The molecule has 176 valence electrons. The van der Waals surface area contributed by atoms with Crippen LogP contribution in [0.15, 0.2) is 30.3 Å². The molecule has 1 aliphatic rings. The lowest BCUT2D eigenvalue weighted by Gasteiger charge is -2.21. The molecule has 3 aromatic rings. The molecule has 0 radical (unpaired) electrons. The van der Waals surface area contributed by atoms with E-state index in [1.807, 2.05) is 0 Å². The highest BCUT2D eigenvalue weighted by Gasteiger charge is 2.33. The summed E-state index contributed by atoms with van der Waals surface area (Å²) in [6, 6.07) is 7.08. The minimum Gasteiger partial charge on any atom is -0.493 e. The number of alkyl halides is 3. The highest BCUT2D eigenvalue weighted by molar-refractivity contribution is 6.28. The first-order valence-corrected chi connectivity index (χ1v) is 10.8. The Hall–Kier alpha value is -2.78. The summed E-state index contributed by atoms with van der Waals surface area (Å²) < 4.78 is 57.0. The third-order valence-corrected chi connectivity index (χ3v) is 5.81. The molecule has 0 saturated carbocycles. The van der Waals surface area contributed by atoms with Crippen LogP contribution in [0.1, 0.15) is 36.1 Å². The van der Waals surface area contributed by atoms with Crippen molar-refractivity contribution >= 4 is 28.3 Å². The number of rotatable bonds is 6. The third kappa shape index (κ3) is 4.94. The zero-order chi connectivity index (χ0) is 23.8. The second kappa shape index (κ2) is 9.23. The Morgan fingerprint density at radius 3 is 2.67 bits per heavy atom. The molecule has 1 N–H and O–H groups in total. The maximum atomic E-state index is 13.4. The second-order valence-corrected chi connectivity index (χ2v) is 8.19. The maximum absolute atomic E-state index is 13.4. The van der Waals surface area contributed by atoms with E-state index in [0.29, 0.717) is 47.0 Å². The first-order chi connectivity index (χ1) is 15.7. The number of anilines is 1.